The molecule has 0 spiro atoms. The molecule has 0 saturated carbocycles. The van der Waals surface area contributed by atoms with Crippen LogP contribution in [0.4, 0.5) is 10.5 Å². The third-order valence-electron chi connectivity index (χ3n) is 3.41. The van der Waals surface area contributed by atoms with Crippen molar-refractivity contribution in [3.63, 3.8) is 0 Å². The highest BCUT2D eigenvalue weighted by molar-refractivity contribution is 5.75. The Morgan fingerprint density at radius 1 is 1.48 bits per heavy atom. The molecule has 6 nitrogen and oxygen atoms in total. The van der Waals surface area contributed by atoms with Gasteiger partial charge >= 0.3 is 6.03 Å². The summed E-state index contributed by atoms with van der Waals surface area (Å²) in [6, 6.07) is 3.90. The largest absolute Gasteiger partial charge is 0.331 e. The van der Waals surface area contributed by atoms with Crippen LogP contribution in [0.1, 0.15) is 31.0 Å². The maximum atomic E-state index is 12.0. The number of rotatable bonds is 4. The van der Waals surface area contributed by atoms with E-state index < -0.39 is 4.92 Å². The van der Waals surface area contributed by atoms with Crippen LogP contribution >= 0.6 is 0 Å². The van der Waals surface area contributed by atoms with E-state index in [0.717, 1.165) is 0 Å². The van der Waals surface area contributed by atoms with Gasteiger partial charge in [0.05, 0.1) is 17.0 Å². The molecule has 1 aromatic carbocycles. The highest BCUT2D eigenvalue weighted by atomic mass is 16.6. The summed E-state index contributed by atoms with van der Waals surface area (Å²) < 4.78 is 0. The van der Waals surface area contributed by atoms with Crippen molar-refractivity contribution in [2.24, 2.45) is 0 Å². The SMILES string of the molecule is C#C[C@@H](C)N(C)C(=O)N[C@H](C)c1ccc(C)c([N+](=O)[O-])c1. The summed E-state index contributed by atoms with van der Waals surface area (Å²) in [5.41, 5.74) is 1.29. The number of nitrogens with one attached hydrogen (secondary N) is 1. The number of carbonyl (C=O) groups is 1. The Balaban J connectivity index is 2.88. The second kappa shape index (κ2) is 6.75. The highest BCUT2D eigenvalue weighted by Gasteiger charge is 2.19. The van der Waals surface area contributed by atoms with Gasteiger partial charge in [0, 0.05) is 18.7 Å². The molecule has 2 atom stereocenters. The summed E-state index contributed by atoms with van der Waals surface area (Å²) in [5, 5.41) is 13.7. The Hall–Kier alpha value is -2.55. The maximum absolute atomic E-state index is 12.0. The van der Waals surface area contributed by atoms with Crippen LogP contribution in [0.3, 0.4) is 0 Å². The first-order chi connectivity index (χ1) is 9.77. The van der Waals surface area contributed by atoms with Gasteiger partial charge in [-0.15, -0.1) is 6.42 Å². The van der Waals surface area contributed by atoms with E-state index in [2.05, 4.69) is 11.2 Å². The third-order valence-corrected chi connectivity index (χ3v) is 3.41. The molecule has 2 amide bonds. The lowest BCUT2D eigenvalue weighted by Crippen LogP contribution is -2.42. The fourth-order valence-electron chi connectivity index (χ4n) is 1.75. The van der Waals surface area contributed by atoms with Gasteiger partial charge in [0.25, 0.3) is 5.69 Å². The number of nitro benzene ring substituents is 1. The Morgan fingerprint density at radius 3 is 2.62 bits per heavy atom. The van der Waals surface area contributed by atoms with Gasteiger partial charge < -0.3 is 10.2 Å². The lowest BCUT2D eigenvalue weighted by atomic mass is 10.0. The zero-order valence-corrected chi connectivity index (χ0v) is 12.6. The topological polar surface area (TPSA) is 75.5 Å². The Bertz CT molecular complexity index is 592. The second-order valence-corrected chi connectivity index (χ2v) is 4.93. The number of nitro groups is 1. The van der Waals surface area contributed by atoms with Gasteiger partial charge in [-0.2, -0.15) is 0 Å². The van der Waals surface area contributed by atoms with Crippen molar-refractivity contribution < 1.29 is 9.72 Å². The number of benzene rings is 1. The zero-order chi connectivity index (χ0) is 16.2. The molecule has 0 aliphatic carbocycles. The monoisotopic (exact) mass is 289 g/mol. The summed E-state index contributed by atoms with van der Waals surface area (Å²) in [6.07, 6.45) is 5.28. The minimum atomic E-state index is -0.431. The van der Waals surface area contributed by atoms with Gasteiger partial charge in [-0.3, -0.25) is 10.1 Å². The standard InChI is InChI=1S/C15H19N3O3/c1-6-11(3)17(5)15(19)16-12(4)13-8-7-10(2)14(9-13)18(20)21/h1,7-9,11-12H,2-5H3,(H,16,19)/t11-,12-/m1/s1. The molecule has 0 saturated heterocycles. The van der Waals surface area contributed by atoms with Crippen molar-refractivity contribution in [3.05, 3.63) is 39.4 Å². The number of hydrogen-bond acceptors (Lipinski definition) is 3. The highest BCUT2D eigenvalue weighted by Crippen LogP contribution is 2.23. The number of terminal acetylenes is 1. The van der Waals surface area contributed by atoms with Crippen LogP contribution in [0.5, 0.6) is 0 Å². The molecule has 0 radical (unpaired) electrons. The minimum Gasteiger partial charge on any atom is -0.331 e. The summed E-state index contributed by atoms with van der Waals surface area (Å²) in [6.45, 7) is 5.18. The maximum Gasteiger partial charge on any atom is 0.318 e. The fraction of sp³-hybridized carbons (Fsp3) is 0.400. The molecule has 0 aliphatic heterocycles. The molecule has 1 rings (SSSR count). The summed E-state index contributed by atoms with van der Waals surface area (Å²) in [7, 11) is 1.60. The van der Waals surface area contributed by atoms with Crippen molar-refractivity contribution in [1.29, 1.82) is 0 Å². The Kier molecular flexibility index (Phi) is 5.30. The average molecular weight is 289 g/mol. The van der Waals surface area contributed by atoms with Gasteiger partial charge in [-0.25, -0.2) is 4.79 Å². The lowest BCUT2D eigenvalue weighted by molar-refractivity contribution is -0.385. The van der Waals surface area contributed by atoms with E-state index >= 15 is 0 Å². The Morgan fingerprint density at radius 2 is 2.10 bits per heavy atom. The third kappa shape index (κ3) is 3.96. The van der Waals surface area contributed by atoms with Crippen molar-refractivity contribution in [2.75, 3.05) is 7.05 Å². The lowest BCUT2D eigenvalue weighted by Gasteiger charge is -2.24. The smallest absolute Gasteiger partial charge is 0.318 e. The molecular weight excluding hydrogens is 270 g/mol. The Labute approximate surface area is 124 Å². The van der Waals surface area contributed by atoms with Crippen molar-refractivity contribution >= 4 is 11.7 Å². The molecule has 21 heavy (non-hydrogen) atoms. The first kappa shape index (κ1) is 16.5. The van der Waals surface area contributed by atoms with Crippen LogP contribution < -0.4 is 5.32 Å². The summed E-state index contributed by atoms with van der Waals surface area (Å²) in [4.78, 5) is 23.9. The zero-order valence-electron chi connectivity index (χ0n) is 12.6. The molecule has 0 unspecified atom stereocenters. The van der Waals surface area contributed by atoms with Crippen LogP contribution in [-0.4, -0.2) is 28.9 Å². The van der Waals surface area contributed by atoms with E-state index in [1.54, 1.807) is 40.0 Å². The van der Waals surface area contributed by atoms with Gasteiger partial charge in [0.15, 0.2) is 0 Å². The predicted octanol–water partition coefficient (Wildman–Crippen LogP) is 2.63. The van der Waals surface area contributed by atoms with Crippen LogP contribution in [0, 0.1) is 29.4 Å². The molecule has 1 aromatic rings. The first-order valence-electron chi connectivity index (χ1n) is 6.52. The number of amides is 2. The number of aryl methyl sites for hydroxylation is 1. The second-order valence-electron chi connectivity index (χ2n) is 4.93. The number of hydrogen-bond donors (Lipinski definition) is 1. The number of carbonyl (C=O) groups excluding carboxylic acids is 1. The van der Waals surface area contributed by atoms with Gasteiger partial charge in [0.2, 0.25) is 0 Å². The van der Waals surface area contributed by atoms with Gasteiger partial charge in [0.1, 0.15) is 0 Å². The van der Waals surface area contributed by atoms with Crippen LogP contribution in [0.25, 0.3) is 0 Å². The summed E-state index contributed by atoms with van der Waals surface area (Å²) >= 11 is 0. The van der Waals surface area contributed by atoms with Crippen molar-refractivity contribution in [2.45, 2.75) is 32.9 Å². The molecule has 0 bridgehead atoms. The molecule has 112 valence electrons. The predicted molar refractivity (Wildman–Crippen MR) is 80.8 cm³/mol. The summed E-state index contributed by atoms with van der Waals surface area (Å²) in [5.74, 6) is 2.47. The van der Waals surface area contributed by atoms with Crippen molar-refractivity contribution in [3.8, 4) is 12.3 Å². The number of nitrogens with zero attached hydrogens (tertiary/aromatic N) is 2. The molecule has 1 N–H and O–H groups in total. The van der Waals surface area contributed by atoms with E-state index in [9.17, 15) is 14.9 Å². The van der Waals surface area contributed by atoms with E-state index in [1.807, 2.05) is 0 Å². The average Bonchev–Trinajstić information content (AvgIpc) is 2.45. The van der Waals surface area contributed by atoms with Crippen LogP contribution in [0.2, 0.25) is 0 Å². The fourth-order valence-corrected chi connectivity index (χ4v) is 1.75. The van der Waals surface area contributed by atoms with Crippen molar-refractivity contribution in [1.82, 2.24) is 10.2 Å². The molecule has 0 heterocycles. The molecule has 0 aliphatic rings. The van der Waals surface area contributed by atoms with Gasteiger partial charge in [-0.1, -0.05) is 18.1 Å². The molecular formula is C15H19N3O3. The van der Waals surface area contributed by atoms with Crippen LogP contribution in [-0.2, 0) is 0 Å². The van der Waals surface area contributed by atoms with Crippen LogP contribution in [0.15, 0.2) is 18.2 Å². The minimum absolute atomic E-state index is 0.0407. The molecule has 0 fully saturated rings. The quantitative estimate of drug-likeness (QED) is 0.526. The normalized spacial score (nSPS) is 12.9. The molecule has 0 aromatic heterocycles. The van der Waals surface area contributed by atoms with E-state index in [1.165, 1.54) is 11.0 Å². The van der Waals surface area contributed by atoms with E-state index in [-0.39, 0.29) is 23.8 Å². The molecule has 6 heteroatoms. The first-order valence-corrected chi connectivity index (χ1v) is 6.52. The van der Waals surface area contributed by atoms with Gasteiger partial charge in [-0.05, 0) is 26.3 Å². The number of urea groups is 1. The van der Waals surface area contributed by atoms with E-state index in [4.69, 9.17) is 6.42 Å². The van der Waals surface area contributed by atoms with E-state index in [0.29, 0.717) is 11.1 Å².